The van der Waals surface area contributed by atoms with E-state index in [1.54, 1.807) is 6.20 Å². The van der Waals surface area contributed by atoms with Gasteiger partial charge in [-0.05, 0) is 0 Å². The molecule has 0 bridgehead atoms. The second kappa shape index (κ2) is 3.95. The van der Waals surface area contributed by atoms with E-state index in [9.17, 15) is 0 Å². The minimum atomic E-state index is -0.0296. The second-order valence-corrected chi connectivity index (χ2v) is 5.30. The Labute approximate surface area is 98.5 Å². The van der Waals surface area contributed by atoms with E-state index in [4.69, 9.17) is 5.73 Å². The molecule has 2 aromatic rings. The Morgan fingerprint density at radius 2 is 2.19 bits per heavy atom. The van der Waals surface area contributed by atoms with Gasteiger partial charge >= 0.3 is 0 Å². The number of imidazole rings is 1. The summed E-state index contributed by atoms with van der Waals surface area (Å²) in [6, 6.07) is 0. The quantitative estimate of drug-likeness (QED) is 0.859. The van der Waals surface area contributed by atoms with Crippen LogP contribution < -0.4 is 5.73 Å². The molecule has 0 saturated heterocycles. The van der Waals surface area contributed by atoms with Crippen LogP contribution in [-0.4, -0.2) is 18.9 Å². The van der Waals surface area contributed by atoms with Gasteiger partial charge in [-0.2, -0.15) is 4.37 Å². The third-order valence-electron chi connectivity index (χ3n) is 2.19. The Morgan fingerprint density at radius 3 is 2.75 bits per heavy atom. The lowest BCUT2D eigenvalue weighted by Gasteiger charge is -2.12. The molecule has 6 heteroatoms. The first kappa shape index (κ1) is 11.2. The summed E-state index contributed by atoms with van der Waals surface area (Å²) in [4.78, 5) is 8.67. The molecule has 0 aromatic carbocycles. The van der Waals surface area contributed by atoms with Gasteiger partial charge in [-0.3, -0.25) is 4.57 Å². The van der Waals surface area contributed by atoms with Crippen LogP contribution in [0.1, 0.15) is 32.4 Å². The maximum absolute atomic E-state index is 5.60. The van der Waals surface area contributed by atoms with Gasteiger partial charge in [0.1, 0.15) is 11.6 Å². The van der Waals surface area contributed by atoms with E-state index >= 15 is 0 Å². The van der Waals surface area contributed by atoms with E-state index in [0.29, 0.717) is 6.54 Å². The molecule has 2 rings (SSSR count). The van der Waals surface area contributed by atoms with Crippen molar-refractivity contribution in [1.29, 1.82) is 0 Å². The fourth-order valence-corrected chi connectivity index (χ4v) is 2.14. The van der Waals surface area contributed by atoms with Crippen molar-refractivity contribution in [3.8, 4) is 5.13 Å². The molecule has 16 heavy (non-hydrogen) atoms. The molecular weight excluding hydrogens is 222 g/mol. The molecule has 0 aliphatic rings. The summed E-state index contributed by atoms with van der Waals surface area (Å²) in [5, 5.41) is 0.822. The van der Waals surface area contributed by atoms with Crippen LogP contribution in [-0.2, 0) is 12.0 Å². The van der Waals surface area contributed by atoms with Gasteiger partial charge in [-0.15, -0.1) is 0 Å². The minimum Gasteiger partial charge on any atom is -0.324 e. The average Bonchev–Trinajstić information content (AvgIpc) is 2.84. The summed E-state index contributed by atoms with van der Waals surface area (Å²) in [5.41, 5.74) is 5.57. The summed E-state index contributed by atoms with van der Waals surface area (Å²) < 4.78 is 6.24. The van der Waals surface area contributed by atoms with Gasteiger partial charge in [0.2, 0.25) is 5.13 Å². The van der Waals surface area contributed by atoms with Crippen molar-refractivity contribution in [3.63, 3.8) is 0 Å². The van der Waals surface area contributed by atoms with E-state index in [-0.39, 0.29) is 5.41 Å². The van der Waals surface area contributed by atoms with Crippen LogP contribution in [0.5, 0.6) is 0 Å². The second-order valence-electron chi connectivity index (χ2n) is 4.57. The van der Waals surface area contributed by atoms with Gasteiger partial charge < -0.3 is 5.73 Å². The molecule has 2 aromatic heterocycles. The fourth-order valence-electron chi connectivity index (χ4n) is 1.28. The average molecular weight is 237 g/mol. The van der Waals surface area contributed by atoms with E-state index in [0.717, 1.165) is 16.8 Å². The molecule has 0 spiro atoms. The highest BCUT2D eigenvalue weighted by atomic mass is 32.1. The van der Waals surface area contributed by atoms with Gasteiger partial charge in [0.25, 0.3) is 0 Å². The van der Waals surface area contributed by atoms with Crippen molar-refractivity contribution in [2.24, 2.45) is 5.73 Å². The summed E-state index contributed by atoms with van der Waals surface area (Å²) in [6.45, 7) is 6.68. The van der Waals surface area contributed by atoms with Gasteiger partial charge in [-0.1, -0.05) is 20.8 Å². The highest BCUT2D eigenvalue weighted by Crippen LogP contribution is 2.22. The van der Waals surface area contributed by atoms with Gasteiger partial charge in [-0.25, -0.2) is 9.97 Å². The zero-order chi connectivity index (χ0) is 11.8. The van der Waals surface area contributed by atoms with E-state index < -0.39 is 0 Å². The predicted molar refractivity (Wildman–Crippen MR) is 63.6 cm³/mol. The standard InChI is InChI=1S/C10H15N5S/c1-10(2,3)8-13-9(16-14-8)15-5-4-12-7(15)6-11/h4-5H,6,11H2,1-3H3. The highest BCUT2D eigenvalue weighted by Gasteiger charge is 2.20. The minimum absolute atomic E-state index is 0.0296. The molecule has 0 radical (unpaired) electrons. The van der Waals surface area contributed by atoms with Gasteiger partial charge in [0.05, 0.1) is 6.54 Å². The molecule has 2 heterocycles. The summed E-state index contributed by atoms with van der Waals surface area (Å²) in [7, 11) is 0. The normalized spacial score (nSPS) is 12.0. The van der Waals surface area contributed by atoms with Crippen molar-refractivity contribution in [2.75, 3.05) is 0 Å². The largest absolute Gasteiger partial charge is 0.324 e. The summed E-state index contributed by atoms with van der Waals surface area (Å²) >= 11 is 1.37. The van der Waals surface area contributed by atoms with Crippen molar-refractivity contribution in [2.45, 2.75) is 32.7 Å². The van der Waals surface area contributed by atoms with E-state index in [1.807, 2.05) is 10.8 Å². The number of hydrogen-bond donors (Lipinski definition) is 1. The monoisotopic (exact) mass is 237 g/mol. The highest BCUT2D eigenvalue weighted by molar-refractivity contribution is 7.08. The van der Waals surface area contributed by atoms with Gasteiger partial charge in [0, 0.05) is 29.3 Å². The molecule has 2 N–H and O–H groups in total. The van der Waals surface area contributed by atoms with Crippen molar-refractivity contribution in [3.05, 3.63) is 24.0 Å². The number of hydrogen-bond acceptors (Lipinski definition) is 5. The summed E-state index contributed by atoms with van der Waals surface area (Å²) in [5.74, 6) is 1.65. The maximum Gasteiger partial charge on any atom is 0.214 e. The lowest BCUT2D eigenvalue weighted by atomic mass is 9.96. The van der Waals surface area contributed by atoms with Crippen molar-refractivity contribution >= 4 is 11.5 Å². The third-order valence-corrected chi connectivity index (χ3v) is 2.91. The molecule has 0 saturated carbocycles. The lowest BCUT2D eigenvalue weighted by Crippen LogP contribution is -2.13. The van der Waals surface area contributed by atoms with Crippen LogP contribution >= 0.6 is 11.5 Å². The van der Waals surface area contributed by atoms with Crippen LogP contribution in [0, 0.1) is 0 Å². The third kappa shape index (κ3) is 1.98. The van der Waals surface area contributed by atoms with Crippen LogP contribution in [0.2, 0.25) is 0 Å². The molecular formula is C10H15N5S. The van der Waals surface area contributed by atoms with Crippen molar-refractivity contribution < 1.29 is 0 Å². The Kier molecular flexibility index (Phi) is 2.77. The first-order chi connectivity index (χ1) is 7.52. The van der Waals surface area contributed by atoms with Crippen LogP contribution in [0.15, 0.2) is 12.4 Å². The van der Waals surface area contributed by atoms with E-state index in [1.165, 1.54) is 11.5 Å². The molecule has 0 atom stereocenters. The molecule has 0 unspecified atom stereocenters. The number of nitrogens with zero attached hydrogens (tertiary/aromatic N) is 4. The zero-order valence-electron chi connectivity index (χ0n) is 9.64. The topological polar surface area (TPSA) is 69.6 Å². The Morgan fingerprint density at radius 1 is 1.44 bits per heavy atom. The SMILES string of the molecule is CC(C)(C)c1nsc(-n2ccnc2CN)n1. The first-order valence-corrected chi connectivity index (χ1v) is 5.86. The Balaban J connectivity index is 2.39. The molecule has 5 nitrogen and oxygen atoms in total. The molecule has 0 amide bonds. The number of aromatic nitrogens is 4. The number of nitrogens with two attached hydrogens (primary N) is 1. The predicted octanol–water partition coefficient (Wildman–Crippen LogP) is 1.48. The fraction of sp³-hybridized carbons (Fsp3) is 0.500. The maximum atomic E-state index is 5.60. The lowest BCUT2D eigenvalue weighted by molar-refractivity contribution is 0.553. The van der Waals surface area contributed by atoms with E-state index in [2.05, 4.69) is 35.1 Å². The number of rotatable bonds is 2. The van der Waals surface area contributed by atoms with Crippen molar-refractivity contribution in [1.82, 2.24) is 18.9 Å². The molecule has 0 fully saturated rings. The Bertz CT molecular complexity index is 479. The Hall–Kier alpha value is -1.27. The zero-order valence-corrected chi connectivity index (χ0v) is 10.5. The molecule has 0 aliphatic heterocycles. The summed E-state index contributed by atoms with van der Waals surface area (Å²) in [6.07, 6.45) is 3.58. The van der Waals surface area contributed by atoms with Gasteiger partial charge in [0.15, 0.2) is 0 Å². The van der Waals surface area contributed by atoms with Crippen LogP contribution in [0.3, 0.4) is 0 Å². The first-order valence-electron chi connectivity index (χ1n) is 5.09. The van der Waals surface area contributed by atoms with Crippen LogP contribution in [0.25, 0.3) is 5.13 Å². The smallest absolute Gasteiger partial charge is 0.214 e. The molecule has 0 aliphatic carbocycles. The molecule has 86 valence electrons. The van der Waals surface area contributed by atoms with Crippen LogP contribution in [0.4, 0.5) is 0 Å².